The van der Waals surface area contributed by atoms with Gasteiger partial charge in [-0.3, -0.25) is 4.68 Å². The lowest BCUT2D eigenvalue weighted by Crippen LogP contribution is -2.28. The van der Waals surface area contributed by atoms with Gasteiger partial charge < -0.3 is 4.90 Å². The lowest BCUT2D eigenvalue weighted by atomic mass is 10.1. The molecule has 2 heterocycles. The molecule has 1 aliphatic heterocycles. The third-order valence-electron chi connectivity index (χ3n) is 3.70. The number of aryl methyl sites for hydroxylation is 1. The molecule has 0 aliphatic carbocycles. The van der Waals surface area contributed by atoms with Crippen molar-refractivity contribution in [1.29, 1.82) is 5.26 Å². The van der Waals surface area contributed by atoms with Crippen LogP contribution in [0.1, 0.15) is 12.8 Å². The smallest absolute Gasteiger partial charge is 0.147 e. The Balaban J connectivity index is 1.94. The van der Waals surface area contributed by atoms with E-state index >= 15 is 0 Å². The van der Waals surface area contributed by atoms with E-state index in [4.69, 9.17) is 5.26 Å². The molecule has 0 N–H and O–H groups in total. The summed E-state index contributed by atoms with van der Waals surface area (Å²) in [6.07, 6.45) is 5.30. The van der Waals surface area contributed by atoms with E-state index in [1.807, 2.05) is 24.2 Å². The molecule has 0 bridgehead atoms. The van der Waals surface area contributed by atoms with Gasteiger partial charge in [0.25, 0.3) is 0 Å². The number of nitrogens with zero attached hydrogens (tertiary/aromatic N) is 4. The van der Waals surface area contributed by atoms with Crippen LogP contribution in [0.4, 0.5) is 10.1 Å². The average molecular weight is 270 g/mol. The Kier molecular flexibility index (Phi) is 3.15. The second-order valence-electron chi connectivity index (χ2n) is 5.05. The molecule has 1 aromatic heterocycles. The number of hydrogen-bond acceptors (Lipinski definition) is 3. The first-order valence-corrected chi connectivity index (χ1v) is 6.64. The van der Waals surface area contributed by atoms with Gasteiger partial charge in [0.2, 0.25) is 0 Å². The Morgan fingerprint density at radius 3 is 2.90 bits per heavy atom. The van der Waals surface area contributed by atoms with E-state index in [1.54, 1.807) is 16.9 Å². The molecular weight excluding hydrogens is 255 g/mol. The molecule has 20 heavy (non-hydrogen) atoms. The highest BCUT2D eigenvalue weighted by Crippen LogP contribution is 2.30. The minimum atomic E-state index is -0.284. The first-order chi connectivity index (χ1) is 9.69. The van der Waals surface area contributed by atoms with Crippen molar-refractivity contribution in [1.82, 2.24) is 9.78 Å². The fraction of sp³-hybridized carbons (Fsp3) is 0.333. The van der Waals surface area contributed by atoms with Crippen LogP contribution in [0.15, 0.2) is 30.6 Å². The zero-order valence-electron chi connectivity index (χ0n) is 11.3. The number of aromatic nitrogens is 2. The molecule has 0 saturated carbocycles. The minimum absolute atomic E-state index is 0.214. The summed E-state index contributed by atoms with van der Waals surface area (Å²) in [5, 5.41) is 13.2. The van der Waals surface area contributed by atoms with Crippen LogP contribution in [0.25, 0.3) is 11.1 Å². The van der Waals surface area contributed by atoms with E-state index in [9.17, 15) is 4.39 Å². The standard InChI is InChI=1S/C15H15FN4/c1-19-10-12(9-18-19)11-4-5-15(14(16)7-11)20-6-2-3-13(20)8-17/h4-5,7,9-10,13H,2-3,6H2,1H3/t13-/m1/s1. The molecule has 1 saturated heterocycles. The zero-order valence-corrected chi connectivity index (χ0v) is 11.3. The Morgan fingerprint density at radius 1 is 1.40 bits per heavy atom. The topological polar surface area (TPSA) is 44.9 Å². The monoisotopic (exact) mass is 270 g/mol. The van der Waals surface area contributed by atoms with Gasteiger partial charge in [0.05, 0.1) is 18.0 Å². The van der Waals surface area contributed by atoms with Crippen molar-refractivity contribution >= 4 is 5.69 Å². The van der Waals surface area contributed by atoms with Gasteiger partial charge in [-0.15, -0.1) is 0 Å². The van der Waals surface area contributed by atoms with Crippen LogP contribution in [0.2, 0.25) is 0 Å². The van der Waals surface area contributed by atoms with Crippen molar-refractivity contribution in [2.75, 3.05) is 11.4 Å². The normalized spacial score (nSPS) is 18.2. The summed E-state index contributed by atoms with van der Waals surface area (Å²) < 4.78 is 16.0. The summed E-state index contributed by atoms with van der Waals surface area (Å²) in [5.41, 5.74) is 2.20. The molecule has 1 fully saturated rings. The van der Waals surface area contributed by atoms with Crippen LogP contribution in [-0.2, 0) is 7.05 Å². The van der Waals surface area contributed by atoms with Gasteiger partial charge in [0, 0.05) is 25.4 Å². The molecule has 2 aromatic rings. The van der Waals surface area contributed by atoms with Crippen molar-refractivity contribution in [3.8, 4) is 17.2 Å². The maximum Gasteiger partial charge on any atom is 0.147 e. The quantitative estimate of drug-likeness (QED) is 0.842. The van der Waals surface area contributed by atoms with Crippen LogP contribution in [0.5, 0.6) is 0 Å². The maximum absolute atomic E-state index is 14.3. The van der Waals surface area contributed by atoms with Crippen LogP contribution >= 0.6 is 0 Å². The number of halogens is 1. The molecule has 0 unspecified atom stereocenters. The van der Waals surface area contributed by atoms with Crippen molar-refractivity contribution in [3.63, 3.8) is 0 Å². The summed E-state index contributed by atoms with van der Waals surface area (Å²) in [7, 11) is 1.83. The molecular formula is C15H15FN4. The highest BCUT2D eigenvalue weighted by Gasteiger charge is 2.26. The number of anilines is 1. The molecule has 0 amide bonds. The van der Waals surface area contributed by atoms with Gasteiger partial charge in [0.15, 0.2) is 0 Å². The lowest BCUT2D eigenvalue weighted by molar-refractivity contribution is 0.619. The highest BCUT2D eigenvalue weighted by molar-refractivity contribution is 5.66. The fourth-order valence-electron chi connectivity index (χ4n) is 2.68. The molecule has 102 valence electrons. The van der Waals surface area contributed by atoms with Gasteiger partial charge >= 0.3 is 0 Å². The molecule has 3 rings (SSSR count). The first kappa shape index (κ1) is 12.7. The van der Waals surface area contributed by atoms with Gasteiger partial charge in [0.1, 0.15) is 11.9 Å². The molecule has 0 spiro atoms. The van der Waals surface area contributed by atoms with E-state index in [-0.39, 0.29) is 11.9 Å². The second-order valence-corrected chi connectivity index (χ2v) is 5.05. The van der Waals surface area contributed by atoms with Gasteiger partial charge in [-0.2, -0.15) is 10.4 Å². The van der Waals surface area contributed by atoms with Gasteiger partial charge in [-0.05, 0) is 30.5 Å². The lowest BCUT2D eigenvalue weighted by Gasteiger charge is -2.22. The van der Waals surface area contributed by atoms with Gasteiger partial charge in [-0.1, -0.05) is 6.07 Å². The zero-order chi connectivity index (χ0) is 14.1. The third kappa shape index (κ3) is 2.14. The maximum atomic E-state index is 14.3. The van der Waals surface area contributed by atoms with Gasteiger partial charge in [-0.25, -0.2) is 4.39 Å². The van der Waals surface area contributed by atoms with E-state index in [1.165, 1.54) is 6.07 Å². The Morgan fingerprint density at radius 2 is 2.25 bits per heavy atom. The van der Waals surface area contributed by atoms with E-state index in [2.05, 4.69) is 11.2 Å². The van der Waals surface area contributed by atoms with Crippen LogP contribution in [-0.4, -0.2) is 22.4 Å². The molecule has 1 aromatic carbocycles. The largest absolute Gasteiger partial charge is 0.353 e. The Labute approximate surface area is 117 Å². The minimum Gasteiger partial charge on any atom is -0.353 e. The second kappa shape index (κ2) is 4.97. The van der Waals surface area contributed by atoms with E-state index in [0.717, 1.165) is 30.5 Å². The Bertz CT molecular complexity index is 671. The molecule has 0 radical (unpaired) electrons. The fourth-order valence-corrected chi connectivity index (χ4v) is 2.68. The average Bonchev–Trinajstić information content (AvgIpc) is 3.07. The summed E-state index contributed by atoms with van der Waals surface area (Å²) in [5.74, 6) is -0.284. The van der Waals surface area contributed by atoms with Crippen molar-refractivity contribution in [3.05, 3.63) is 36.4 Å². The molecule has 1 atom stereocenters. The number of hydrogen-bond donors (Lipinski definition) is 0. The molecule has 1 aliphatic rings. The van der Waals surface area contributed by atoms with Crippen molar-refractivity contribution in [2.24, 2.45) is 7.05 Å². The first-order valence-electron chi connectivity index (χ1n) is 6.64. The molecule has 5 heteroatoms. The SMILES string of the molecule is Cn1cc(-c2ccc(N3CCC[C@@H]3C#N)c(F)c2)cn1. The third-order valence-corrected chi connectivity index (χ3v) is 3.70. The van der Waals surface area contributed by atoms with E-state index < -0.39 is 0 Å². The van der Waals surface area contributed by atoms with Crippen LogP contribution in [0.3, 0.4) is 0 Å². The summed E-state index contributed by atoms with van der Waals surface area (Å²) >= 11 is 0. The summed E-state index contributed by atoms with van der Waals surface area (Å²) in [6.45, 7) is 0.737. The predicted molar refractivity (Wildman–Crippen MR) is 74.6 cm³/mol. The number of benzene rings is 1. The number of rotatable bonds is 2. The van der Waals surface area contributed by atoms with Crippen molar-refractivity contribution < 1.29 is 4.39 Å². The highest BCUT2D eigenvalue weighted by atomic mass is 19.1. The summed E-state index contributed by atoms with van der Waals surface area (Å²) in [4.78, 5) is 1.85. The van der Waals surface area contributed by atoms with Crippen LogP contribution < -0.4 is 4.90 Å². The Hall–Kier alpha value is -2.35. The van der Waals surface area contributed by atoms with Crippen molar-refractivity contribution in [2.45, 2.75) is 18.9 Å². The predicted octanol–water partition coefficient (Wildman–Crippen LogP) is 2.72. The van der Waals surface area contributed by atoms with E-state index in [0.29, 0.717) is 5.69 Å². The summed E-state index contributed by atoms with van der Waals surface area (Å²) in [6, 6.07) is 7.17. The van der Waals surface area contributed by atoms with Crippen LogP contribution in [0, 0.1) is 17.1 Å². The molecule has 4 nitrogen and oxygen atoms in total. The number of nitriles is 1.